The van der Waals surface area contributed by atoms with Gasteiger partial charge in [-0.3, -0.25) is 9.36 Å². The number of amides is 1. The van der Waals surface area contributed by atoms with E-state index in [2.05, 4.69) is 20.1 Å². The molecule has 30 heavy (non-hydrogen) atoms. The molecule has 1 N–H and O–H groups in total. The van der Waals surface area contributed by atoms with Crippen LogP contribution < -0.4 is 5.32 Å². The van der Waals surface area contributed by atoms with E-state index in [-0.39, 0.29) is 16.6 Å². The molecule has 1 aliphatic rings. The molecule has 11 heteroatoms. The Morgan fingerprint density at radius 3 is 2.57 bits per heavy atom. The van der Waals surface area contributed by atoms with Gasteiger partial charge in [-0.25, -0.2) is 12.7 Å². The molecule has 0 spiro atoms. The van der Waals surface area contributed by atoms with Gasteiger partial charge in [0.05, 0.1) is 15.5 Å². The first-order chi connectivity index (χ1) is 14.4. The summed E-state index contributed by atoms with van der Waals surface area (Å²) in [5.74, 6) is 0.854. The molecule has 4 rings (SSSR count). The molecule has 1 aliphatic carbocycles. The van der Waals surface area contributed by atoms with Gasteiger partial charge in [-0.15, -0.1) is 21.5 Å². The zero-order valence-electron chi connectivity index (χ0n) is 16.5. The van der Waals surface area contributed by atoms with Crippen molar-refractivity contribution in [2.75, 3.05) is 25.2 Å². The van der Waals surface area contributed by atoms with Gasteiger partial charge in [-0.05, 0) is 48.6 Å². The standard InChI is InChI=1S/C19H21N5O3S3/c1-23(2)30(26,27)15-9-5-13(6-10-15)20-17(25)12-29-19-22-21-18(16-4-3-11-28-16)24(19)14-7-8-14/h3-6,9-11,14H,7-8,12H2,1-2H3,(H,20,25). The number of thiophene rings is 1. The van der Waals surface area contributed by atoms with Crippen molar-refractivity contribution in [2.45, 2.75) is 28.9 Å². The lowest BCUT2D eigenvalue weighted by Crippen LogP contribution is -2.22. The largest absolute Gasteiger partial charge is 0.325 e. The van der Waals surface area contributed by atoms with Crippen molar-refractivity contribution in [3.05, 3.63) is 41.8 Å². The van der Waals surface area contributed by atoms with E-state index in [1.165, 1.54) is 38.0 Å². The second-order valence-electron chi connectivity index (χ2n) is 7.03. The summed E-state index contributed by atoms with van der Waals surface area (Å²) in [7, 11) is -0.535. The molecule has 2 heterocycles. The molecule has 0 unspecified atom stereocenters. The number of carbonyl (C=O) groups is 1. The maximum atomic E-state index is 12.4. The molecule has 8 nitrogen and oxygen atoms in total. The molecule has 0 bridgehead atoms. The van der Waals surface area contributed by atoms with Crippen molar-refractivity contribution in [2.24, 2.45) is 0 Å². The van der Waals surface area contributed by atoms with Gasteiger partial charge in [0.2, 0.25) is 15.9 Å². The Kier molecular flexibility index (Phi) is 5.96. The number of carbonyl (C=O) groups excluding carboxylic acids is 1. The van der Waals surface area contributed by atoms with Crippen LogP contribution in [0.3, 0.4) is 0 Å². The molecule has 3 aromatic rings. The maximum Gasteiger partial charge on any atom is 0.242 e. The number of thioether (sulfide) groups is 1. The highest BCUT2D eigenvalue weighted by molar-refractivity contribution is 7.99. The average molecular weight is 464 g/mol. The summed E-state index contributed by atoms with van der Waals surface area (Å²) in [6.07, 6.45) is 2.19. The lowest BCUT2D eigenvalue weighted by atomic mass is 10.3. The average Bonchev–Trinajstić information content (AvgIpc) is 3.24. The second kappa shape index (κ2) is 8.50. The van der Waals surface area contributed by atoms with Gasteiger partial charge in [0.1, 0.15) is 0 Å². The van der Waals surface area contributed by atoms with Gasteiger partial charge in [-0.2, -0.15) is 0 Å². The molecular formula is C19H21N5O3S3. The summed E-state index contributed by atoms with van der Waals surface area (Å²) in [4.78, 5) is 13.6. The highest BCUT2D eigenvalue weighted by Gasteiger charge is 2.30. The minimum Gasteiger partial charge on any atom is -0.325 e. The van der Waals surface area contributed by atoms with Gasteiger partial charge >= 0.3 is 0 Å². The Bertz CT molecular complexity index is 1130. The zero-order chi connectivity index (χ0) is 21.3. The van der Waals surface area contributed by atoms with Crippen molar-refractivity contribution in [3.63, 3.8) is 0 Å². The summed E-state index contributed by atoms with van der Waals surface area (Å²) in [5, 5.41) is 14.2. The Hall–Kier alpha value is -2.21. The molecule has 2 aromatic heterocycles. The molecule has 1 amide bonds. The normalized spacial score (nSPS) is 14.2. The van der Waals surface area contributed by atoms with Crippen molar-refractivity contribution >= 4 is 44.7 Å². The second-order valence-corrected chi connectivity index (χ2v) is 11.1. The third-order valence-electron chi connectivity index (χ3n) is 4.57. The van der Waals surface area contributed by atoms with Crippen molar-refractivity contribution in [1.29, 1.82) is 0 Å². The van der Waals surface area contributed by atoms with Crippen LogP contribution in [0.15, 0.2) is 51.8 Å². The first kappa shape index (κ1) is 21.0. The number of hydrogen-bond donors (Lipinski definition) is 1. The number of aromatic nitrogens is 3. The predicted molar refractivity (Wildman–Crippen MR) is 118 cm³/mol. The lowest BCUT2D eigenvalue weighted by Gasteiger charge is -2.12. The molecular weight excluding hydrogens is 442 g/mol. The Morgan fingerprint density at radius 2 is 1.97 bits per heavy atom. The first-order valence-electron chi connectivity index (χ1n) is 9.30. The monoisotopic (exact) mass is 463 g/mol. The fraction of sp³-hybridized carbons (Fsp3) is 0.316. The topological polar surface area (TPSA) is 97.2 Å². The van der Waals surface area contributed by atoms with Gasteiger partial charge < -0.3 is 5.32 Å². The van der Waals surface area contributed by atoms with Gasteiger partial charge in [0.15, 0.2) is 11.0 Å². The van der Waals surface area contributed by atoms with Crippen LogP contribution in [-0.4, -0.2) is 53.2 Å². The van der Waals surface area contributed by atoms with Crippen molar-refractivity contribution in [3.8, 4) is 10.7 Å². The van der Waals surface area contributed by atoms with E-state index in [0.29, 0.717) is 11.7 Å². The SMILES string of the molecule is CN(C)S(=O)(=O)c1ccc(NC(=O)CSc2nnc(-c3cccs3)n2C2CC2)cc1. The number of nitrogens with one attached hydrogen (secondary N) is 1. The molecule has 0 atom stereocenters. The number of benzene rings is 1. The lowest BCUT2D eigenvalue weighted by molar-refractivity contribution is -0.113. The fourth-order valence-corrected chi connectivity index (χ4v) is 5.27. The van der Waals surface area contributed by atoms with Crippen LogP contribution >= 0.6 is 23.1 Å². The molecule has 0 aliphatic heterocycles. The third-order valence-corrected chi connectivity index (χ3v) is 8.21. The highest BCUT2D eigenvalue weighted by atomic mass is 32.2. The predicted octanol–water partition coefficient (Wildman–Crippen LogP) is 3.32. The Morgan fingerprint density at radius 1 is 1.23 bits per heavy atom. The van der Waals surface area contributed by atoms with Crippen LogP contribution in [0.5, 0.6) is 0 Å². The molecule has 0 radical (unpaired) electrons. The Labute approximate surface area is 183 Å². The summed E-state index contributed by atoms with van der Waals surface area (Å²) in [5.41, 5.74) is 0.543. The van der Waals surface area contributed by atoms with Crippen LogP contribution in [0.4, 0.5) is 5.69 Å². The summed E-state index contributed by atoms with van der Waals surface area (Å²) >= 11 is 2.97. The number of anilines is 1. The van der Waals surface area contributed by atoms with E-state index in [4.69, 9.17) is 0 Å². The molecule has 158 valence electrons. The smallest absolute Gasteiger partial charge is 0.242 e. The first-order valence-corrected chi connectivity index (χ1v) is 12.6. The van der Waals surface area contributed by atoms with E-state index in [9.17, 15) is 13.2 Å². The minimum absolute atomic E-state index is 0.179. The van der Waals surface area contributed by atoms with Crippen LogP contribution in [0.25, 0.3) is 10.7 Å². The summed E-state index contributed by atoms with van der Waals surface area (Å²) in [6, 6.07) is 10.5. The van der Waals surface area contributed by atoms with Crippen molar-refractivity contribution in [1.82, 2.24) is 19.1 Å². The zero-order valence-corrected chi connectivity index (χ0v) is 18.9. The maximum absolute atomic E-state index is 12.4. The van der Waals surface area contributed by atoms with Crippen LogP contribution in [0.2, 0.25) is 0 Å². The number of sulfonamides is 1. The van der Waals surface area contributed by atoms with Gasteiger partial charge in [0.25, 0.3) is 0 Å². The molecule has 1 aromatic carbocycles. The van der Waals surface area contributed by atoms with Crippen LogP contribution in [0.1, 0.15) is 18.9 Å². The number of hydrogen-bond acceptors (Lipinski definition) is 7. The van der Waals surface area contributed by atoms with E-state index in [1.54, 1.807) is 23.5 Å². The summed E-state index contributed by atoms with van der Waals surface area (Å²) < 4.78 is 27.5. The summed E-state index contributed by atoms with van der Waals surface area (Å²) in [6.45, 7) is 0. The van der Waals surface area contributed by atoms with E-state index in [1.807, 2.05) is 17.5 Å². The molecule has 1 fully saturated rings. The van der Waals surface area contributed by atoms with Gasteiger partial charge in [-0.1, -0.05) is 17.8 Å². The van der Waals surface area contributed by atoms with Crippen molar-refractivity contribution < 1.29 is 13.2 Å². The number of rotatable bonds is 8. The van der Waals surface area contributed by atoms with E-state index < -0.39 is 10.0 Å². The van der Waals surface area contributed by atoms with E-state index in [0.717, 1.165) is 33.0 Å². The molecule has 0 saturated heterocycles. The van der Waals surface area contributed by atoms with Gasteiger partial charge in [0, 0.05) is 25.8 Å². The fourth-order valence-electron chi connectivity index (χ4n) is 2.86. The van der Waals surface area contributed by atoms with Crippen LogP contribution in [0, 0.1) is 0 Å². The third kappa shape index (κ3) is 4.43. The quantitative estimate of drug-likeness (QED) is 0.515. The Balaban J connectivity index is 1.40. The van der Waals surface area contributed by atoms with E-state index >= 15 is 0 Å². The highest BCUT2D eigenvalue weighted by Crippen LogP contribution is 2.41. The van der Waals surface area contributed by atoms with Crippen LogP contribution in [-0.2, 0) is 14.8 Å². The number of nitrogens with zero attached hydrogens (tertiary/aromatic N) is 4. The molecule has 1 saturated carbocycles. The minimum atomic E-state index is -3.49.